The molecule has 21 heavy (non-hydrogen) atoms. The smallest absolute Gasteiger partial charge is 0.231 e. The highest BCUT2D eigenvalue weighted by Gasteiger charge is 2.16. The molecular formula is C17H18BrNO2. The summed E-state index contributed by atoms with van der Waals surface area (Å²) >= 11 is 3.58. The van der Waals surface area contributed by atoms with Gasteiger partial charge >= 0.3 is 0 Å². The van der Waals surface area contributed by atoms with E-state index in [9.17, 15) is 0 Å². The van der Waals surface area contributed by atoms with E-state index >= 15 is 0 Å². The highest BCUT2D eigenvalue weighted by Crippen LogP contribution is 2.37. The quantitative estimate of drug-likeness (QED) is 0.846. The van der Waals surface area contributed by atoms with Gasteiger partial charge in [-0.25, -0.2) is 0 Å². The maximum Gasteiger partial charge on any atom is 0.231 e. The first-order valence-electron chi connectivity index (χ1n) is 7.17. The lowest BCUT2D eigenvalue weighted by Gasteiger charge is -2.10. The largest absolute Gasteiger partial charge is 0.454 e. The molecule has 110 valence electrons. The lowest BCUT2D eigenvalue weighted by molar-refractivity contribution is 0.174. The summed E-state index contributed by atoms with van der Waals surface area (Å²) in [6.45, 7) is 3.24. The summed E-state index contributed by atoms with van der Waals surface area (Å²) in [6, 6.07) is 12.6. The van der Waals surface area contributed by atoms with Gasteiger partial charge in [0.2, 0.25) is 6.79 Å². The lowest BCUT2D eigenvalue weighted by atomic mass is 10.1. The van der Waals surface area contributed by atoms with E-state index in [1.54, 1.807) is 0 Å². The summed E-state index contributed by atoms with van der Waals surface area (Å²) in [4.78, 5) is 0. The fourth-order valence-corrected chi connectivity index (χ4v) is 2.83. The molecule has 0 fully saturated rings. The Hall–Kier alpha value is -1.68. The molecule has 2 aromatic carbocycles. The van der Waals surface area contributed by atoms with Crippen LogP contribution < -0.4 is 14.8 Å². The monoisotopic (exact) mass is 347 g/mol. The van der Waals surface area contributed by atoms with Crippen molar-refractivity contribution in [2.45, 2.75) is 26.3 Å². The first-order valence-corrected chi connectivity index (χ1v) is 7.96. The van der Waals surface area contributed by atoms with Crippen LogP contribution in [0.2, 0.25) is 0 Å². The molecule has 1 N–H and O–H groups in total. The molecule has 1 aliphatic rings. The Labute approximate surface area is 133 Å². The molecule has 0 aromatic heterocycles. The van der Waals surface area contributed by atoms with Crippen LogP contribution in [0.5, 0.6) is 11.5 Å². The molecule has 0 bridgehead atoms. The van der Waals surface area contributed by atoms with Gasteiger partial charge in [-0.3, -0.25) is 0 Å². The second-order valence-electron chi connectivity index (χ2n) is 5.10. The summed E-state index contributed by atoms with van der Waals surface area (Å²) < 4.78 is 11.8. The lowest BCUT2D eigenvalue weighted by Crippen LogP contribution is -2.00. The zero-order valence-electron chi connectivity index (χ0n) is 12.0. The molecule has 0 unspecified atom stereocenters. The van der Waals surface area contributed by atoms with Crippen molar-refractivity contribution in [3.63, 3.8) is 0 Å². The minimum atomic E-state index is 0.303. The van der Waals surface area contributed by atoms with Gasteiger partial charge in [-0.05, 0) is 41.8 Å². The van der Waals surface area contributed by atoms with Crippen molar-refractivity contribution in [3.05, 3.63) is 52.0 Å². The van der Waals surface area contributed by atoms with Crippen LogP contribution in [0.25, 0.3) is 0 Å². The SMILES string of the molecule is CCCc1ccc(NCc2cc3c(cc2Br)OCO3)cc1. The average Bonchev–Trinajstić information content (AvgIpc) is 2.93. The molecule has 0 spiro atoms. The number of nitrogens with one attached hydrogen (secondary N) is 1. The van der Waals surface area contributed by atoms with Crippen LogP contribution in [0.3, 0.4) is 0 Å². The van der Waals surface area contributed by atoms with Gasteiger partial charge in [0.05, 0.1) is 0 Å². The first-order chi connectivity index (χ1) is 10.3. The minimum Gasteiger partial charge on any atom is -0.454 e. The van der Waals surface area contributed by atoms with Crippen molar-refractivity contribution in [3.8, 4) is 11.5 Å². The molecule has 4 heteroatoms. The van der Waals surface area contributed by atoms with Crippen molar-refractivity contribution in [2.24, 2.45) is 0 Å². The van der Waals surface area contributed by atoms with Crippen LogP contribution in [0.4, 0.5) is 5.69 Å². The van der Waals surface area contributed by atoms with E-state index in [1.165, 1.54) is 12.0 Å². The van der Waals surface area contributed by atoms with Gasteiger partial charge in [-0.1, -0.05) is 41.4 Å². The predicted molar refractivity (Wildman–Crippen MR) is 88.0 cm³/mol. The average molecular weight is 348 g/mol. The Bertz CT molecular complexity index is 625. The number of benzene rings is 2. The molecular weight excluding hydrogens is 330 g/mol. The van der Waals surface area contributed by atoms with E-state index < -0.39 is 0 Å². The van der Waals surface area contributed by atoms with E-state index in [1.807, 2.05) is 12.1 Å². The van der Waals surface area contributed by atoms with E-state index in [4.69, 9.17) is 9.47 Å². The van der Waals surface area contributed by atoms with Gasteiger partial charge < -0.3 is 14.8 Å². The van der Waals surface area contributed by atoms with Crippen LogP contribution in [-0.4, -0.2) is 6.79 Å². The van der Waals surface area contributed by atoms with E-state index in [0.29, 0.717) is 6.79 Å². The van der Waals surface area contributed by atoms with Crippen LogP contribution >= 0.6 is 15.9 Å². The van der Waals surface area contributed by atoms with Gasteiger partial charge in [0.15, 0.2) is 11.5 Å². The second-order valence-corrected chi connectivity index (χ2v) is 5.95. The van der Waals surface area contributed by atoms with E-state index in [0.717, 1.165) is 40.2 Å². The number of hydrogen-bond acceptors (Lipinski definition) is 3. The molecule has 3 rings (SSSR count). The number of anilines is 1. The van der Waals surface area contributed by atoms with Gasteiger partial charge in [0, 0.05) is 16.7 Å². The summed E-state index contributed by atoms with van der Waals surface area (Å²) in [7, 11) is 0. The third kappa shape index (κ3) is 3.32. The standard InChI is InChI=1S/C17H18BrNO2/c1-2-3-12-4-6-14(7-5-12)19-10-13-8-16-17(9-15(13)18)21-11-20-16/h4-9,19H,2-3,10-11H2,1H3. The minimum absolute atomic E-state index is 0.303. The van der Waals surface area contributed by atoms with Gasteiger partial charge in [-0.2, -0.15) is 0 Å². The summed E-state index contributed by atoms with van der Waals surface area (Å²) in [5.74, 6) is 1.61. The molecule has 0 atom stereocenters. The molecule has 1 heterocycles. The first kappa shape index (κ1) is 14.3. The van der Waals surface area contributed by atoms with Crippen LogP contribution in [0.15, 0.2) is 40.9 Å². The number of aryl methyl sites for hydroxylation is 1. The molecule has 0 saturated heterocycles. The van der Waals surface area contributed by atoms with Crippen molar-refractivity contribution in [1.29, 1.82) is 0 Å². The molecule has 0 saturated carbocycles. The normalized spacial score (nSPS) is 12.5. The third-order valence-corrected chi connectivity index (χ3v) is 4.26. The highest BCUT2D eigenvalue weighted by molar-refractivity contribution is 9.10. The highest BCUT2D eigenvalue weighted by atomic mass is 79.9. The number of ether oxygens (including phenoxy) is 2. The number of rotatable bonds is 5. The molecule has 0 aliphatic carbocycles. The zero-order valence-corrected chi connectivity index (χ0v) is 13.6. The zero-order chi connectivity index (χ0) is 14.7. The van der Waals surface area contributed by atoms with E-state index in [-0.39, 0.29) is 0 Å². The third-order valence-electron chi connectivity index (χ3n) is 3.52. The van der Waals surface area contributed by atoms with E-state index in [2.05, 4.69) is 52.4 Å². The van der Waals surface area contributed by atoms with Crippen LogP contribution in [0, 0.1) is 0 Å². The molecule has 3 nitrogen and oxygen atoms in total. The van der Waals surface area contributed by atoms with Crippen LogP contribution in [0.1, 0.15) is 24.5 Å². The molecule has 0 amide bonds. The number of hydrogen-bond donors (Lipinski definition) is 1. The Kier molecular flexibility index (Phi) is 4.34. The van der Waals surface area contributed by atoms with Crippen molar-refractivity contribution >= 4 is 21.6 Å². The second kappa shape index (κ2) is 6.39. The summed E-state index contributed by atoms with van der Waals surface area (Å²) in [6.07, 6.45) is 2.31. The Morgan fingerprint density at radius 1 is 1.10 bits per heavy atom. The van der Waals surface area contributed by atoms with Crippen molar-refractivity contribution in [1.82, 2.24) is 0 Å². The fourth-order valence-electron chi connectivity index (χ4n) is 2.37. The van der Waals surface area contributed by atoms with Gasteiger partial charge in [0.25, 0.3) is 0 Å². The van der Waals surface area contributed by atoms with Gasteiger partial charge in [-0.15, -0.1) is 0 Å². The Morgan fingerprint density at radius 2 is 1.81 bits per heavy atom. The molecule has 0 radical (unpaired) electrons. The maximum absolute atomic E-state index is 5.42. The molecule has 2 aromatic rings. The summed E-state index contributed by atoms with van der Waals surface area (Å²) in [5, 5.41) is 3.44. The summed E-state index contributed by atoms with van der Waals surface area (Å²) in [5.41, 5.74) is 3.66. The number of halogens is 1. The predicted octanol–water partition coefficient (Wildman–Crippen LogP) is 4.74. The maximum atomic E-state index is 5.42. The van der Waals surface area contributed by atoms with Crippen LogP contribution in [-0.2, 0) is 13.0 Å². The Morgan fingerprint density at radius 3 is 2.52 bits per heavy atom. The Balaban J connectivity index is 1.67. The van der Waals surface area contributed by atoms with Gasteiger partial charge in [0.1, 0.15) is 0 Å². The van der Waals surface area contributed by atoms with Crippen molar-refractivity contribution < 1.29 is 9.47 Å². The van der Waals surface area contributed by atoms with Crippen molar-refractivity contribution in [2.75, 3.05) is 12.1 Å². The topological polar surface area (TPSA) is 30.5 Å². The molecule has 1 aliphatic heterocycles. The fraction of sp³-hybridized carbons (Fsp3) is 0.294. The number of fused-ring (bicyclic) bond motifs is 1.